The van der Waals surface area contributed by atoms with Gasteiger partial charge >= 0.3 is 0 Å². The monoisotopic (exact) mass is 91.0 g/mol. The summed E-state index contributed by atoms with van der Waals surface area (Å²) in [6.07, 6.45) is 7.88. The van der Waals surface area contributed by atoms with Gasteiger partial charge in [-0.05, 0) is 5.57 Å². The van der Waals surface area contributed by atoms with Crippen molar-refractivity contribution in [2.75, 3.05) is 0 Å². The van der Waals surface area contributed by atoms with Gasteiger partial charge < -0.3 is 0 Å². The number of hydrogen-bond acceptors (Lipinski definition) is 1. The van der Waals surface area contributed by atoms with Crippen LogP contribution in [-0.2, 0) is 0 Å². The first-order valence-corrected chi connectivity index (χ1v) is 2.10. The molecule has 2 radical (unpaired) electrons. The van der Waals surface area contributed by atoms with E-state index in [4.69, 9.17) is 0 Å². The predicted octanol–water partition coefficient (Wildman–Crippen LogP) is 1.14. The number of rotatable bonds is 0. The fourth-order valence-corrected chi connectivity index (χ4v) is 0.364. The molecule has 0 aliphatic carbocycles. The molecule has 1 heterocycles. The van der Waals surface area contributed by atoms with E-state index in [2.05, 4.69) is 23.8 Å². The SMILES string of the molecule is C=C1[C]=[C]N=CC1. The molecule has 0 amide bonds. The van der Waals surface area contributed by atoms with E-state index in [1.165, 1.54) is 0 Å². The maximum atomic E-state index is 3.68. The summed E-state index contributed by atoms with van der Waals surface area (Å²) in [4.78, 5) is 3.68. The Labute approximate surface area is 43.1 Å². The Morgan fingerprint density at radius 2 is 2.71 bits per heavy atom. The Bertz CT molecular complexity index is 131. The van der Waals surface area contributed by atoms with Gasteiger partial charge in [0.15, 0.2) is 0 Å². The van der Waals surface area contributed by atoms with Gasteiger partial charge in [0, 0.05) is 18.7 Å². The van der Waals surface area contributed by atoms with Crippen molar-refractivity contribution in [3.63, 3.8) is 0 Å². The third-order valence-electron chi connectivity index (χ3n) is 0.726. The van der Waals surface area contributed by atoms with Crippen molar-refractivity contribution < 1.29 is 0 Å². The van der Waals surface area contributed by atoms with Gasteiger partial charge in [0.1, 0.15) is 0 Å². The second-order valence-electron chi connectivity index (χ2n) is 1.36. The molecule has 34 valence electrons. The summed E-state index contributed by atoms with van der Waals surface area (Å²) in [6.45, 7) is 3.65. The van der Waals surface area contributed by atoms with Gasteiger partial charge in [-0.3, -0.25) is 4.99 Å². The molecular formula is C6H5N. The van der Waals surface area contributed by atoms with Gasteiger partial charge in [-0.1, -0.05) is 6.58 Å². The van der Waals surface area contributed by atoms with Crippen LogP contribution in [0.15, 0.2) is 17.1 Å². The topological polar surface area (TPSA) is 12.4 Å². The summed E-state index contributed by atoms with van der Waals surface area (Å²) in [7, 11) is 0. The van der Waals surface area contributed by atoms with Crippen molar-refractivity contribution in [2.45, 2.75) is 6.42 Å². The van der Waals surface area contributed by atoms with Crippen LogP contribution in [0.5, 0.6) is 0 Å². The van der Waals surface area contributed by atoms with Crippen molar-refractivity contribution in [1.29, 1.82) is 0 Å². The summed E-state index contributed by atoms with van der Waals surface area (Å²) in [6, 6.07) is 0. The summed E-state index contributed by atoms with van der Waals surface area (Å²) in [5.74, 6) is 0. The van der Waals surface area contributed by atoms with Crippen molar-refractivity contribution in [3.8, 4) is 0 Å². The van der Waals surface area contributed by atoms with Crippen LogP contribution >= 0.6 is 0 Å². The van der Waals surface area contributed by atoms with Gasteiger partial charge in [0.2, 0.25) is 0 Å². The van der Waals surface area contributed by atoms with Crippen LogP contribution in [0.4, 0.5) is 0 Å². The van der Waals surface area contributed by atoms with Crippen molar-refractivity contribution in [2.24, 2.45) is 4.99 Å². The lowest BCUT2D eigenvalue weighted by Crippen LogP contribution is -1.82. The zero-order valence-corrected chi connectivity index (χ0v) is 3.94. The Balaban J connectivity index is 2.66. The highest BCUT2D eigenvalue weighted by Crippen LogP contribution is 1.99. The van der Waals surface area contributed by atoms with E-state index in [-0.39, 0.29) is 0 Å². The Hall–Kier alpha value is -0.850. The van der Waals surface area contributed by atoms with Crippen LogP contribution in [0, 0.1) is 12.3 Å². The van der Waals surface area contributed by atoms with Crippen LogP contribution in [-0.4, -0.2) is 6.21 Å². The zero-order chi connectivity index (χ0) is 5.11. The van der Waals surface area contributed by atoms with E-state index in [1.54, 1.807) is 6.21 Å². The summed E-state index contributed by atoms with van der Waals surface area (Å²) >= 11 is 0. The van der Waals surface area contributed by atoms with Crippen LogP contribution in [0.2, 0.25) is 0 Å². The molecule has 1 nitrogen and oxygen atoms in total. The third-order valence-corrected chi connectivity index (χ3v) is 0.726. The molecule has 7 heavy (non-hydrogen) atoms. The normalized spacial score (nSPS) is 18.0. The number of hydrogen-bond donors (Lipinski definition) is 0. The molecule has 0 aromatic rings. The summed E-state index contributed by atoms with van der Waals surface area (Å²) in [5.41, 5.74) is 0.954. The lowest BCUT2D eigenvalue weighted by molar-refractivity contribution is 1.27. The average Bonchev–Trinajstić information content (AvgIpc) is 1.69. The molecule has 0 saturated carbocycles. The molecule has 0 saturated heterocycles. The Kier molecular flexibility index (Phi) is 1.07. The maximum Gasteiger partial charge on any atom is 0.0970 e. The van der Waals surface area contributed by atoms with E-state index in [0.29, 0.717) is 0 Å². The second-order valence-corrected chi connectivity index (χ2v) is 1.36. The number of nitrogens with zero attached hydrogens (tertiary/aromatic N) is 1. The zero-order valence-electron chi connectivity index (χ0n) is 3.94. The highest BCUT2D eigenvalue weighted by Gasteiger charge is 1.87. The minimum absolute atomic E-state index is 0.826. The van der Waals surface area contributed by atoms with Crippen LogP contribution in [0.1, 0.15) is 6.42 Å². The van der Waals surface area contributed by atoms with Gasteiger partial charge in [-0.25, -0.2) is 0 Å². The standard InChI is InChI=1S/C6H5N/c1-6-2-4-7-5-3-6/h4H,1-2H2. The first-order chi connectivity index (χ1) is 3.39. The van der Waals surface area contributed by atoms with E-state index in [9.17, 15) is 0 Å². The van der Waals surface area contributed by atoms with Crippen LogP contribution in [0.3, 0.4) is 0 Å². The molecule has 1 aliphatic heterocycles. The fraction of sp³-hybridized carbons (Fsp3) is 0.167. The minimum atomic E-state index is 0.826. The molecule has 1 heteroatoms. The Morgan fingerprint density at radius 3 is 3.00 bits per heavy atom. The molecule has 0 aromatic heterocycles. The van der Waals surface area contributed by atoms with Gasteiger partial charge in [0.25, 0.3) is 0 Å². The largest absolute Gasteiger partial charge is 0.258 e. The molecular weight excluding hydrogens is 86.1 g/mol. The molecule has 0 spiro atoms. The highest BCUT2D eigenvalue weighted by molar-refractivity contribution is 5.63. The van der Waals surface area contributed by atoms with Crippen molar-refractivity contribution in [1.82, 2.24) is 0 Å². The highest BCUT2D eigenvalue weighted by atomic mass is 14.7. The van der Waals surface area contributed by atoms with Gasteiger partial charge in [-0.15, -0.1) is 0 Å². The fourth-order valence-electron chi connectivity index (χ4n) is 0.364. The first-order valence-electron chi connectivity index (χ1n) is 2.10. The summed E-state index contributed by atoms with van der Waals surface area (Å²) < 4.78 is 0. The summed E-state index contributed by atoms with van der Waals surface area (Å²) in [5, 5.41) is 0. The van der Waals surface area contributed by atoms with E-state index in [0.717, 1.165) is 12.0 Å². The third kappa shape index (κ3) is 1.000. The molecule has 1 rings (SSSR count). The molecule has 0 bridgehead atoms. The van der Waals surface area contributed by atoms with E-state index in [1.807, 2.05) is 0 Å². The molecule has 0 N–H and O–H groups in total. The molecule has 0 atom stereocenters. The van der Waals surface area contributed by atoms with E-state index < -0.39 is 0 Å². The quantitative estimate of drug-likeness (QED) is 0.424. The van der Waals surface area contributed by atoms with Crippen molar-refractivity contribution in [3.05, 3.63) is 24.4 Å². The van der Waals surface area contributed by atoms with Crippen LogP contribution < -0.4 is 0 Å². The molecule has 1 aliphatic rings. The van der Waals surface area contributed by atoms with E-state index >= 15 is 0 Å². The first kappa shape index (κ1) is 4.31. The number of allylic oxidation sites excluding steroid dienone is 2. The molecule has 0 aromatic carbocycles. The average molecular weight is 91.1 g/mol. The predicted molar refractivity (Wildman–Crippen MR) is 28.7 cm³/mol. The lowest BCUT2D eigenvalue weighted by atomic mass is 10.2. The second kappa shape index (κ2) is 1.73. The molecule has 0 unspecified atom stereocenters. The van der Waals surface area contributed by atoms with Crippen LogP contribution in [0.25, 0.3) is 0 Å². The maximum absolute atomic E-state index is 3.68. The molecule has 0 fully saturated rings. The van der Waals surface area contributed by atoms with Crippen molar-refractivity contribution >= 4 is 6.21 Å². The number of aliphatic imine (C=N–C) groups is 1. The van der Waals surface area contributed by atoms with Gasteiger partial charge in [-0.2, -0.15) is 0 Å². The van der Waals surface area contributed by atoms with Gasteiger partial charge in [0.05, 0.1) is 6.20 Å². The lowest BCUT2D eigenvalue weighted by Gasteiger charge is -1.92. The Morgan fingerprint density at radius 1 is 1.86 bits per heavy atom. The smallest absolute Gasteiger partial charge is 0.0970 e. The minimum Gasteiger partial charge on any atom is -0.258 e.